The van der Waals surface area contributed by atoms with Crippen LogP contribution < -0.4 is 5.73 Å². The number of rotatable bonds is 4. The highest BCUT2D eigenvalue weighted by Gasteiger charge is 2.35. The van der Waals surface area contributed by atoms with Gasteiger partial charge in [-0.2, -0.15) is 0 Å². The number of ether oxygens (including phenoxy) is 1. The fraction of sp³-hybridized carbons (Fsp3) is 0.385. The van der Waals surface area contributed by atoms with E-state index in [1.807, 2.05) is 18.4 Å². The molecule has 17 heavy (non-hydrogen) atoms. The monoisotopic (exact) mass is 232 g/mol. The number of allylic oxidation sites excluding steroid dienone is 2. The minimum absolute atomic E-state index is 0.0400. The molecule has 1 atom stereocenters. The average molecular weight is 232 g/mol. The molecule has 0 fully saturated rings. The second kappa shape index (κ2) is 4.39. The Morgan fingerprint density at radius 2 is 2.35 bits per heavy atom. The number of nitrogens with two attached hydrogens (primary N) is 1. The average Bonchev–Trinajstić information content (AvgIpc) is 2.71. The number of hydrogen-bond acceptors (Lipinski definition) is 4. The summed E-state index contributed by atoms with van der Waals surface area (Å²) in [6.45, 7) is 2.09. The highest BCUT2D eigenvalue weighted by atomic mass is 16.5. The van der Waals surface area contributed by atoms with Crippen LogP contribution in [0.4, 0.5) is 0 Å². The highest BCUT2D eigenvalue weighted by molar-refractivity contribution is 6.16. The van der Waals surface area contributed by atoms with Crippen LogP contribution in [0.3, 0.4) is 0 Å². The van der Waals surface area contributed by atoms with Crippen LogP contribution in [0.15, 0.2) is 40.6 Å². The second-order valence-electron chi connectivity index (χ2n) is 4.15. The Bertz CT molecular complexity index is 472. The smallest absolute Gasteiger partial charge is 0.169 e. The molecule has 4 heteroatoms. The topological polar surface area (TPSA) is 64.7 Å². The predicted octanol–water partition coefficient (Wildman–Crippen LogP) is 1.14. The summed E-state index contributed by atoms with van der Waals surface area (Å²) in [4.78, 5) is 16.0. The third-order valence-corrected chi connectivity index (χ3v) is 3.13. The van der Waals surface area contributed by atoms with Crippen LogP contribution in [-0.4, -0.2) is 30.8 Å². The largest absolute Gasteiger partial charge is 0.362 e. The Morgan fingerprint density at radius 3 is 2.94 bits per heavy atom. The van der Waals surface area contributed by atoms with E-state index in [1.165, 1.54) is 14.0 Å². The fourth-order valence-electron chi connectivity index (χ4n) is 2.06. The highest BCUT2D eigenvalue weighted by Crippen LogP contribution is 2.31. The van der Waals surface area contributed by atoms with Crippen molar-refractivity contribution in [2.24, 2.45) is 10.7 Å². The molecule has 2 aliphatic rings. The fourth-order valence-corrected chi connectivity index (χ4v) is 2.06. The Hall–Kier alpha value is -1.52. The summed E-state index contributed by atoms with van der Waals surface area (Å²) in [7, 11) is 1.53. The van der Waals surface area contributed by atoms with E-state index in [1.54, 1.807) is 6.08 Å². The van der Waals surface area contributed by atoms with Crippen molar-refractivity contribution in [2.45, 2.75) is 18.9 Å². The molecule has 0 radical (unpaired) electrons. The molecule has 1 aliphatic carbocycles. The zero-order valence-electron chi connectivity index (χ0n) is 10.1. The first-order valence-electron chi connectivity index (χ1n) is 5.59. The van der Waals surface area contributed by atoms with Crippen LogP contribution in [0.5, 0.6) is 0 Å². The Labute approximate surface area is 101 Å². The zero-order chi connectivity index (χ0) is 12.5. The number of Topliss-reactive ketones (excluding diaryl/α,β-unsaturated/α-hetero) is 1. The molecule has 0 aromatic rings. The van der Waals surface area contributed by atoms with Gasteiger partial charge < -0.3 is 10.5 Å². The molecule has 0 spiro atoms. The van der Waals surface area contributed by atoms with Crippen molar-refractivity contribution in [1.82, 2.24) is 0 Å². The van der Waals surface area contributed by atoms with Gasteiger partial charge in [0.25, 0.3) is 0 Å². The molecule has 2 rings (SSSR count). The van der Waals surface area contributed by atoms with Gasteiger partial charge in [-0.1, -0.05) is 0 Å². The summed E-state index contributed by atoms with van der Waals surface area (Å²) >= 11 is 0. The molecular weight excluding hydrogens is 216 g/mol. The first kappa shape index (κ1) is 12.0. The van der Waals surface area contributed by atoms with Crippen molar-refractivity contribution >= 4 is 11.5 Å². The molecule has 0 saturated carbocycles. The van der Waals surface area contributed by atoms with Gasteiger partial charge in [-0.15, -0.1) is 0 Å². The zero-order valence-corrected chi connectivity index (χ0v) is 10.1. The lowest BCUT2D eigenvalue weighted by Crippen LogP contribution is -2.37. The minimum atomic E-state index is -0.952. The molecular formula is C13H16N2O2. The van der Waals surface area contributed by atoms with Crippen molar-refractivity contribution in [2.75, 3.05) is 13.7 Å². The van der Waals surface area contributed by atoms with E-state index in [-0.39, 0.29) is 5.78 Å². The number of aliphatic imine (C=N–C) groups is 1. The van der Waals surface area contributed by atoms with Gasteiger partial charge in [0.15, 0.2) is 11.4 Å². The van der Waals surface area contributed by atoms with E-state index >= 15 is 0 Å². The van der Waals surface area contributed by atoms with Crippen LogP contribution in [-0.2, 0) is 9.53 Å². The number of carbonyl (C=O) groups excluding carboxylic acids is 1. The number of carbonyl (C=O) groups is 1. The first-order chi connectivity index (χ1) is 8.13. The van der Waals surface area contributed by atoms with Crippen LogP contribution in [0.25, 0.3) is 0 Å². The van der Waals surface area contributed by atoms with Gasteiger partial charge in [-0.3, -0.25) is 9.79 Å². The Kier molecular flexibility index (Phi) is 3.09. The molecule has 4 nitrogen and oxygen atoms in total. The Morgan fingerprint density at radius 1 is 1.59 bits per heavy atom. The lowest BCUT2D eigenvalue weighted by Gasteiger charge is -2.27. The summed E-state index contributed by atoms with van der Waals surface area (Å²) in [5.74, 6) is -0.0400. The number of hydrogen-bond donors (Lipinski definition) is 1. The third kappa shape index (κ3) is 1.90. The summed E-state index contributed by atoms with van der Waals surface area (Å²) in [5.41, 5.74) is 7.51. The van der Waals surface area contributed by atoms with Crippen LogP contribution in [0.2, 0.25) is 0 Å². The van der Waals surface area contributed by atoms with Crippen LogP contribution in [0, 0.1) is 0 Å². The van der Waals surface area contributed by atoms with Crippen LogP contribution >= 0.6 is 0 Å². The van der Waals surface area contributed by atoms with E-state index in [9.17, 15) is 4.79 Å². The van der Waals surface area contributed by atoms with Crippen molar-refractivity contribution in [3.8, 4) is 0 Å². The number of nitrogens with zero attached hydrogens (tertiary/aromatic N) is 1. The van der Waals surface area contributed by atoms with Gasteiger partial charge >= 0.3 is 0 Å². The van der Waals surface area contributed by atoms with E-state index < -0.39 is 5.60 Å². The van der Waals surface area contributed by atoms with Crippen molar-refractivity contribution in [3.05, 3.63) is 35.6 Å². The second-order valence-corrected chi connectivity index (χ2v) is 4.15. The number of ketones is 1. The maximum absolute atomic E-state index is 11.7. The van der Waals surface area contributed by atoms with Gasteiger partial charge in [0, 0.05) is 18.9 Å². The third-order valence-electron chi connectivity index (χ3n) is 3.13. The molecule has 90 valence electrons. The maximum atomic E-state index is 11.7. The molecule has 1 aliphatic heterocycles. The molecule has 1 heterocycles. The van der Waals surface area contributed by atoms with Crippen molar-refractivity contribution < 1.29 is 9.53 Å². The Balaban J connectivity index is 2.39. The minimum Gasteiger partial charge on any atom is -0.362 e. The first-order valence-corrected chi connectivity index (χ1v) is 5.59. The SMILES string of the molecule is COC1(C(C)=O)C=CC2=NC=C(CCN)C2=C1. The van der Waals surface area contributed by atoms with E-state index in [4.69, 9.17) is 10.5 Å². The van der Waals surface area contributed by atoms with E-state index in [0.717, 1.165) is 23.3 Å². The van der Waals surface area contributed by atoms with Gasteiger partial charge in [-0.25, -0.2) is 0 Å². The molecule has 0 amide bonds. The molecule has 0 aromatic carbocycles. The summed E-state index contributed by atoms with van der Waals surface area (Å²) < 4.78 is 5.35. The van der Waals surface area contributed by atoms with Crippen LogP contribution in [0.1, 0.15) is 13.3 Å². The van der Waals surface area contributed by atoms with Crippen molar-refractivity contribution in [3.63, 3.8) is 0 Å². The normalized spacial score (nSPS) is 26.2. The number of methoxy groups -OCH3 is 1. The summed E-state index contributed by atoms with van der Waals surface area (Å²) in [6.07, 6.45) is 7.98. The van der Waals surface area contributed by atoms with E-state index in [0.29, 0.717) is 6.54 Å². The lowest BCUT2D eigenvalue weighted by atomic mass is 9.86. The quantitative estimate of drug-likeness (QED) is 0.790. The van der Waals surface area contributed by atoms with Gasteiger partial charge in [0.1, 0.15) is 0 Å². The summed E-state index contributed by atoms with van der Waals surface area (Å²) in [6, 6.07) is 0. The maximum Gasteiger partial charge on any atom is 0.169 e. The van der Waals surface area contributed by atoms with E-state index in [2.05, 4.69) is 4.99 Å². The number of fused-ring (bicyclic) bond motifs is 1. The van der Waals surface area contributed by atoms with Gasteiger partial charge in [-0.05, 0) is 43.7 Å². The molecule has 0 saturated heterocycles. The summed E-state index contributed by atoms with van der Waals surface area (Å²) in [5, 5.41) is 0. The molecule has 1 unspecified atom stereocenters. The standard InChI is InChI=1S/C13H16N2O2/c1-9(16)13(17-2)5-3-12-11(7-13)10(4-6-14)8-15-12/h3,5,7-8H,4,6,14H2,1-2H3. The van der Waals surface area contributed by atoms with Crippen molar-refractivity contribution in [1.29, 1.82) is 0 Å². The lowest BCUT2D eigenvalue weighted by molar-refractivity contribution is -0.129. The molecule has 0 bridgehead atoms. The van der Waals surface area contributed by atoms with Gasteiger partial charge in [0.05, 0.1) is 5.71 Å². The van der Waals surface area contributed by atoms with Gasteiger partial charge in [0.2, 0.25) is 0 Å². The predicted molar refractivity (Wildman–Crippen MR) is 66.8 cm³/mol. The molecule has 2 N–H and O–H groups in total. The molecule has 0 aromatic heterocycles.